The van der Waals surface area contributed by atoms with Gasteiger partial charge in [0.15, 0.2) is 0 Å². The molecule has 0 spiro atoms. The van der Waals surface area contributed by atoms with Crippen molar-refractivity contribution in [3.05, 3.63) is 42.6 Å². The molecular formula is C15H15F3N4O. The zero-order valence-electron chi connectivity index (χ0n) is 12.2. The van der Waals surface area contributed by atoms with Crippen molar-refractivity contribution in [1.29, 1.82) is 0 Å². The summed E-state index contributed by atoms with van der Waals surface area (Å²) in [5, 5.41) is 0. The highest BCUT2D eigenvalue weighted by Gasteiger charge is 2.42. The van der Waals surface area contributed by atoms with Crippen molar-refractivity contribution in [3.8, 4) is 5.82 Å². The van der Waals surface area contributed by atoms with Crippen LogP contribution in [0.3, 0.4) is 0 Å². The molecule has 1 amide bonds. The minimum Gasteiger partial charge on any atom is -0.338 e. The molecule has 122 valence electrons. The average molecular weight is 324 g/mol. The van der Waals surface area contributed by atoms with Crippen LogP contribution in [0.2, 0.25) is 0 Å². The number of pyridine rings is 1. The fourth-order valence-electron chi connectivity index (χ4n) is 2.67. The van der Waals surface area contributed by atoms with Gasteiger partial charge in [0.25, 0.3) is 5.91 Å². The third kappa shape index (κ3) is 3.35. The number of amides is 1. The Morgan fingerprint density at radius 3 is 2.74 bits per heavy atom. The molecule has 1 atom stereocenters. The van der Waals surface area contributed by atoms with E-state index in [9.17, 15) is 18.0 Å². The molecule has 3 heterocycles. The number of rotatable bonds is 2. The average Bonchev–Trinajstić information content (AvgIpc) is 3.08. The first kappa shape index (κ1) is 15.5. The first-order chi connectivity index (χ1) is 10.9. The highest BCUT2D eigenvalue weighted by Crippen LogP contribution is 2.33. The number of imidazole rings is 1. The summed E-state index contributed by atoms with van der Waals surface area (Å²) in [5.74, 6) is -1.27. The van der Waals surface area contributed by atoms with Crippen LogP contribution in [0.5, 0.6) is 0 Å². The molecule has 0 saturated carbocycles. The lowest BCUT2D eigenvalue weighted by atomic mass is 9.97. The number of carbonyl (C=O) groups excluding carboxylic acids is 1. The van der Waals surface area contributed by atoms with Crippen LogP contribution < -0.4 is 0 Å². The molecule has 1 fully saturated rings. The predicted molar refractivity (Wildman–Crippen MR) is 76.0 cm³/mol. The van der Waals surface area contributed by atoms with Gasteiger partial charge in [-0.25, -0.2) is 9.97 Å². The van der Waals surface area contributed by atoms with E-state index in [1.807, 2.05) is 0 Å². The van der Waals surface area contributed by atoms with E-state index in [1.54, 1.807) is 35.4 Å². The van der Waals surface area contributed by atoms with Crippen molar-refractivity contribution < 1.29 is 18.0 Å². The number of alkyl halides is 3. The maximum Gasteiger partial charge on any atom is 0.393 e. The van der Waals surface area contributed by atoms with E-state index in [1.165, 1.54) is 11.1 Å². The van der Waals surface area contributed by atoms with Crippen molar-refractivity contribution in [2.45, 2.75) is 19.0 Å². The van der Waals surface area contributed by atoms with Crippen LogP contribution in [0, 0.1) is 5.92 Å². The van der Waals surface area contributed by atoms with E-state index in [4.69, 9.17) is 0 Å². The molecule has 0 radical (unpaired) electrons. The molecule has 0 bridgehead atoms. The van der Waals surface area contributed by atoms with E-state index in [0.717, 1.165) is 0 Å². The maximum absolute atomic E-state index is 12.8. The van der Waals surface area contributed by atoms with Gasteiger partial charge in [0.05, 0.1) is 11.5 Å². The number of nitrogens with zero attached hydrogens (tertiary/aromatic N) is 4. The standard InChI is InChI=1S/C15H15F3N4O/c16-15(17,18)12-2-1-6-21(9-12)14(23)11-3-4-13(20-8-11)22-7-5-19-10-22/h3-5,7-8,10,12H,1-2,6,9H2/t12-/m0/s1. The summed E-state index contributed by atoms with van der Waals surface area (Å²) in [5.41, 5.74) is 0.289. The predicted octanol–water partition coefficient (Wildman–Crippen LogP) is 2.68. The summed E-state index contributed by atoms with van der Waals surface area (Å²) in [6, 6.07) is 3.21. The number of carbonyl (C=O) groups is 1. The first-order valence-electron chi connectivity index (χ1n) is 7.25. The topological polar surface area (TPSA) is 51.0 Å². The zero-order valence-corrected chi connectivity index (χ0v) is 12.2. The van der Waals surface area contributed by atoms with Gasteiger partial charge in [-0.3, -0.25) is 9.36 Å². The van der Waals surface area contributed by atoms with Crippen LogP contribution in [0.15, 0.2) is 37.1 Å². The second-order valence-corrected chi connectivity index (χ2v) is 5.51. The Morgan fingerprint density at radius 2 is 2.13 bits per heavy atom. The van der Waals surface area contributed by atoms with Crippen LogP contribution in [-0.4, -0.2) is 44.6 Å². The van der Waals surface area contributed by atoms with Crippen molar-refractivity contribution in [3.63, 3.8) is 0 Å². The third-order valence-corrected chi connectivity index (χ3v) is 3.94. The second kappa shape index (κ2) is 6.02. The molecule has 1 aliphatic rings. The fourth-order valence-corrected chi connectivity index (χ4v) is 2.67. The molecule has 0 unspecified atom stereocenters. The van der Waals surface area contributed by atoms with E-state index in [2.05, 4.69) is 9.97 Å². The van der Waals surface area contributed by atoms with Gasteiger partial charge < -0.3 is 4.90 Å². The van der Waals surface area contributed by atoms with Crippen molar-refractivity contribution in [1.82, 2.24) is 19.4 Å². The molecule has 3 rings (SSSR count). The van der Waals surface area contributed by atoms with E-state index < -0.39 is 18.0 Å². The van der Waals surface area contributed by atoms with Gasteiger partial charge in [-0.2, -0.15) is 13.2 Å². The van der Waals surface area contributed by atoms with Gasteiger partial charge >= 0.3 is 6.18 Å². The van der Waals surface area contributed by atoms with Crippen LogP contribution in [0.1, 0.15) is 23.2 Å². The maximum atomic E-state index is 12.8. The van der Waals surface area contributed by atoms with E-state index in [-0.39, 0.29) is 18.5 Å². The number of hydrogen-bond donors (Lipinski definition) is 0. The van der Waals surface area contributed by atoms with Crippen molar-refractivity contribution >= 4 is 5.91 Å². The van der Waals surface area contributed by atoms with Gasteiger partial charge in [0, 0.05) is 31.7 Å². The zero-order chi connectivity index (χ0) is 16.4. The normalized spacial score (nSPS) is 18.9. The summed E-state index contributed by atoms with van der Waals surface area (Å²) in [4.78, 5) is 21.7. The lowest BCUT2D eigenvalue weighted by molar-refractivity contribution is -0.184. The van der Waals surface area contributed by atoms with Crippen LogP contribution >= 0.6 is 0 Å². The number of aromatic nitrogens is 3. The second-order valence-electron chi connectivity index (χ2n) is 5.51. The smallest absolute Gasteiger partial charge is 0.338 e. The number of hydrogen-bond acceptors (Lipinski definition) is 3. The summed E-state index contributed by atoms with van der Waals surface area (Å²) in [6.45, 7) is 0.0558. The molecule has 8 heteroatoms. The molecule has 2 aromatic heterocycles. The molecular weight excluding hydrogens is 309 g/mol. The summed E-state index contributed by atoms with van der Waals surface area (Å²) in [7, 11) is 0. The molecule has 2 aromatic rings. The molecule has 0 aliphatic carbocycles. The number of piperidine rings is 1. The summed E-state index contributed by atoms with van der Waals surface area (Å²) in [6.07, 6.45) is 2.44. The summed E-state index contributed by atoms with van der Waals surface area (Å²) < 4.78 is 40.2. The molecule has 0 N–H and O–H groups in total. The van der Waals surface area contributed by atoms with Gasteiger partial charge in [-0.15, -0.1) is 0 Å². The van der Waals surface area contributed by atoms with E-state index >= 15 is 0 Å². The largest absolute Gasteiger partial charge is 0.393 e. The first-order valence-corrected chi connectivity index (χ1v) is 7.25. The SMILES string of the molecule is O=C(c1ccc(-n2ccnc2)nc1)N1CCC[C@H](C(F)(F)F)C1. The Hall–Kier alpha value is -2.38. The quantitative estimate of drug-likeness (QED) is 0.853. The lowest BCUT2D eigenvalue weighted by Crippen LogP contribution is -2.44. The minimum absolute atomic E-state index is 0.0745. The monoisotopic (exact) mass is 324 g/mol. The Balaban J connectivity index is 1.72. The number of halogens is 3. The molecule has 23 heavy (non-hydrogen) atoms. The lowest BCUT2D eigenvalue weighted by Gasteiger charge is -2.33. The van der Waals surface area contributed by atoms with Crippen LogP contribution in [-0.2, 0) is 0 Å². The molecule has 1 saturated heterocycles. The summed E-state index contributed by atoms with van der Waals surface area (Å²) >= 11 is 0. The van der Waals surface area contributed by atoms with Crippen molar-refractivity contribution in [2.24, 2.45) is 5.92 Å². The Bertz CT molecular complexity index is 667. The van der Waals surface area contributed by atoms with Crippen LogP contribution in [0.25, 0.3) is 5.82 Å². The van der Waals surface area contributed by atoms with Crippen molar-refractivity contribution in [2.75, 3.05) is 13.1 Å². The Morgan fingerprint density at radius 1 is 1.30 bits per heavy atom. The fraction of sp³-hybridized carbons (Fsp3) is 0.400. The van der Waals surface area contributed by atoms with Gasteiger partial charge in [-0.1, -0.05) is 0 Å². The third-order valence-electron chi connectivity index (χ3n) is 3.94. The van der Waals surface area contributed by atoms with Gasteiger partial charge in [0.1, 0.15) is 12.1 Å². The number of likely N-dealkylation sites (tertiary alicyclic amines) is 1. The molecule has 0 aromatic carbocycles. The highest BCUT2D eigenvalue weighted by atomic mass is 19.4. The van der Waals surface area contributed by atoms with Gasteiger partial charge in [-0.05, 0) is 25.0 Å². The van der Waals surface area contributed by atoms with Gasteiger partial charge in [0.2, 0.25) is 0 Å². The molecule has 5 nitrogen and oxygen atoms in total. The van der Waals surface area contributed by atoms with Crippen LogP contribution in [0.4, 0.5) is 13.2 Å². The van der Waals surface area contributed by atoms with E-state index in [0.29, 0.717) is 18.8 Å². The molecule has 1 aliphatic heterocycles. The highest BCUT2D eigenvalue weighted by molar-refractivity contribution is 5.94. The minimum atomic E-state index is -4.26. The Kier molecular flexibility index (Phi) is 4.06. The Labute approximate surface area is 130 Å².